The molecule has 2 N–H and O–H groups in total. The zero-order chi connectivity index (χ0) is 17.1. The number of nitrogens with two attached hydrogens (primary N) is 1. The van der Waals surface area contributed by atoms with Gasteiger partial charge in [-0.2, -0.15) is 9.67 Å². The van der Waals surface area contributed by atoms with Gasteiger partial charge >= 0.3 is 0 Å². The van der Waals surface area contributed by atoms with Crippen LogP contribution in [0.3, 0.4) is 0 Å². The van der Waals surface area contributed by atoms with Crippen LogP contribution in [0.25, 0.3) is 11.4 Å². The Labute approximate surface area is 137 Å². The second kappa shape index (κ2) is 6.37. The molecule has 8 nitrogen and oxygen atoms in total. The number of anilines is 1. The van der Waals surface area contributed by atoms with Crippen molar-refractivity contribution >= 4 is 11.9 Å². The van der Waals surface area contributed by atoms with Crippen molar-refractivity contribution in [3.63, 3.8) is 0 Å². The van der Waals surface area contributed by atoms with E-state index in [1.807, 2.05) is 0 Å². The molecule has 1 aromatic carbocycles. The zero-order valence-corrected chi connectivity index (χ0v) is 13.1. The lowest BCUT2D eigenvalue weighted by Gasteiger charge is -2.09. The maximum atomic E-state index is 12.7. The lowest BCUT2D eigenvalue weighted by atomic mass is 10.2. The van der Waals surface area contributed by atoms with Crippen LogP contribution in [0.2, 0.25) is 0 Å². The summed E-state index contributed by atoms with van der Waals surface area (Å²) < 4.78 is 11.4. The van der Waals surface area contributed by atoms with E-state index in [1.54, 1.807) is 42.7 Å². The third kappa shape index (κ3) is 2.76. The molecule has 0 atom stereocenters. The van der Waals surface area contributed by atoms with Crippen molar-refractivity contribution in [2.45, 2.75) is 0 Å². The monoisotopic (exact) mass is 325 g/mol. The molecule has 3 aromatic rings. The van der Waals surface area contributed by atoms with E-state index in [0.717, 1.165) is 10.2 Å². The first-order chi connectivity index (χ1) is 11.6. The van der Waals surface area contributed by atoms with Gasteiger partial charge in [0.15, 0.2) is 17.3 Å². The molecule has 0 aliphatic heterocycles. The minimum atomic E-state index is -0.416. The number of ether oxygens (including phenoxy) is 2. The summed E-state index contributed by atoms with van der Waals surface area (Å²) in [5, 5.41) is 4.19. The first-order valence-electron chi connectivity index (χ1n) is 7.03. The van der Waals surface area contributed by atoms with Gasteiger partial charge in [-0.05, 0) is 30.3 Å². The summed E-state index contributed by atoms with van der Waals surface area (Å²) in [7, 11) is 3.02. The molecule has 0 aliphatic rings. The summed E-state index contributed by atoms with van der Waals surface area (Å²) in [6, 6.07) is 8.29. The fourth-order valence-corrected chi connectivity index (χ4v) is 2.19. The van der Waals surface area contributed by atoms with Crippen LogP contribution in [0.5, 0.6) is 11.5 Å². The predicted octanol–water partition coefficient (Wildman–Crippen LogP) is 1.63. The number of nitrogens with zero attached hydrogens (tertiary/aromatic N) is 4. The molecule has 0 unspecified atom stereocenters. The molecule has 8 heteroatoms. The Hall–Kier alpha value is -3.42. The maximum Gasteiger partial charge on any atom is 0.281 e. The van der Waals surface area contributed by atoms with Gasteiger partial charge in [0, 0.05) is 23.5 Å². The summed E-state index contributed by atoms with van der Waals surface area (Å²) in [5.74, 6) is 0.904. The molecule has 24 heavy (non-hydrogen) atoms. The number of aromatic nitrogens is 4. The average Bonchev–Trinajstić information content (AvgIpc) is 3.03. The van der Waals surface area contributed by atoms with Gasteiger partial charge in [0.1, 0.15) is 0 Å². The van der Waals surface area contributed by atoms with E-state index in [2.05, 4.69) is 15.1 Å². The number of carbonyl (C=O) groups is 1. The van der Waals surface area contributed by atoms with Crippen molar-refractivity contribution in [1.82, 2.24) is 19.7 Å². The minimum Gasteiger partial charge on any atom is -0.493 e. The Kier molecular flexibility index (Phi) is 4.11. The SMILES string of the molecule is COc1ccc(C(=O)n2nc(-c3ccncc3)nc2N)cc1OC. The predicted molar refractivity (Wildman–Crippen MR) is 86.9 cm³/mol. The summed E-state index contributed by atoms with van der Waals surface area (Å²) in [5.41, 5.74) is 6.91. The highest BCUT2D eigenvalue weighted by Crippen LogP contribution is 2.28. The first-order valence-corrected chi connectivity index (χ1v) is 7.03. The average molecular weight is 325 g/mol. The first kappa shape index (κ1) is 15.5. The summed E-state index contributed by atoms with van der Waals surface area (Å²) in [4.78, 5) is 20.7. The number of pyridine rings is 1. The molecule has 3 rings (SSSR count). The van der Waals surface area contributed by atoms with Gasteiger partial charge in [0.2, 0.25) is 5.95 Å². The standard InChI is InChI=1S/C16H15N5O3/c1-23-12-4-3-11(9-13(12)24-2)15(22)21-16(17)19-14(20-21)10-5-7-18-8-6-10/h3-9H,1-2H3,(H2,17,19,20). The number of methoxy groups -OCH3 is 2. The molecule has 0 aliphatic carbocycles. The number of rotatable bonds is 4. The third-order valence-electron chi connectivity index (χ3n) is 3.39. The molecule has 0 saturated carbocycles. The Morgan fingerprint density at radius 2 is 1.79 bits per heavy atom. The van der Waals surface area contributed by atoms with Gasteiger partial charge in [-0.3, -0.25) is 9.78 Å². The summed E-state index contributed by atoms with van der Waals surface area (Å²) >= 11 is 0. The van der Waals surface area contributed by atoms with Gasteiger partial charge in [-0.25, -0.2) is 0 Å². The van der Waals surface area contributed by atoms with Gasteiger partial charge in [0.25, 0.3) is 5.91 Å². The van der Waals surface area contributed by atoms with Gasteiger partial charge in [-0.1, -0.05) is 0 Å². The van der Waals surface area contributed by atoms with Crippen molar-refractivity contribution in [3.8, 4) is 22.9 Å². The van der Waals surface area contributed by atoms with E-state index in [9.17, 15) is 4.79 Å². The molecule has 122 valence electrons. The number of nitrogen functional groups attached to an aromatic ring is 1. The van der Waals surface area contributed by atoms with Crippen LogP contribution in [0.15, 0.2) is 42.7 Å². The number of hydrogen-bond acceptors (Lipinski definition) is 7. The van der Waals surface area contributed by atoms with Gasteiger partial charge < -0.3 is 15.2 Å². The minimum absolute atomic E-state index is 0.00148. The lowest BCUT2D eigenvalue weighted by molar-refractivity contribution is 0.0947. The highest BCUT2D eigenvalue weighted by Gasteiger charge is 2.18. The summed E-state index contributed by atoms with van der Waals surface area (Å²) in [6.45, 7) is 0. The zero-order valence-electron chi connectivity index (χ0n) is 13.1. The Morgan fingerprint density at radius 1 is 1.08 bits per heavy atom. The van der Waals surface area contributed by atoms with E-state index in [4.69, 9.17) is 15.2 Å². The van der Waals surface area contributed by atoms with Crippen molar-refractivity contribution < 1.29 is 14.3 Å². The van der Waals surface area contributed by atoms with E-state index < -0.39 is 5.91 Å². The number of hydrogen-bond donors (Lipinski definition) is 1. The number of benzene rings is 1. The molecule has 2 aromatic heterocycles. The fourth-order valence-electron chi connectivity index (χ4n) is 2.19. The molecule has 0 fully saturated rings. The van der Waals surface area contributed by atoms with Crippen LogP contribution in [0, 0.1) is 0 Å². The Bertz CT molecular complexity index is 877. The van der Waals surface area contributed by atoms with E-state index in [0.29, 0.717) is 22.9 Å². The maximum absolute atomic E-state index is 12.7. The van der Waals surface area contributed by atoms with Crippen LogP contribution in [-0.2, 0) is 0 Å². The van der Waals surface area contributed by atoms with Crippen LogP contribution in [-0.4, -0.2) is 39.9 Å². The highest BCUT2D eigenvalue weighted by molar-refractivity contribution is 5.97. The molecule has 2 heterocycles. The van der Waals surface area contributed by atoms with Crippen molar-refractivity contribution in [2.75, 3.05) is 20.0 Å². The molecular weight excluding hydrogens is 310 g/mol. The molecule has 0 bridgehead atoms. The van der Waals surface area contributed by atoms with Crippen molar-refractivity contribution in [3.05, 3.63) is 48.3 Å². The smallest absolute Gasteiger partial charge is 0.281 e. The van der Waals surface area contributed by atoms with Crippen molar-refractivity contribution in [1.29, 1.82) is 0 Å². The van der Waals surface area contributed by atoms with E-state index >= 15 is 0 Å². The fraction of sp³-hybridized carbons (Fsp3) is 0.125. The second-order valence-corrected chi connectivity index (χ2v) is 4.82. The van der Waals surface area contributed by atoms with Crippen LogP contribution in [0.1, 0.15) is 10.4 Å². The molecule has 0 spiro atoms. The number of carbonyl (C=O) groups excluding carboxylic acids is 1. The van der Waals surface area contributed by atoms with Crippen LogP contribution in [0.4, 0.5) is 5.95 Å². The van der Waals surface area contributed by atoms with Gasteiger partial charge in [-0.15, -0.1) is 5.10 Å². The van der Waals surface area contributed by atoms with Crippen molar-refractivity contribution in [2.24, 2.45) is 0 Å². The quantitative estimate of drug-likeness (QED) is 0.777. The Morgan fingerprint density at radius 3 is 2.46 bits per heavy atom. The highest BCUT2D eigenvalue weighted by atomic mass is 16.5. The molecular formula is C16H15N5O3. The molecule has 0 amide bonds. The van der Waals surface area contributed by atoms with E-state index in [1.165, 1.54) is 14.2 Å². The van der Waals surface area contributed by atoms with E-state index in [-0.39, 0.29) is 5.95 Å². The summed E-state index contributed by atoms with van der Waals surface area (Å²) in [6.07, 6.45) is 3.23. The topological polar surface area (TPSA) is 105 Å². The lowest BCUT2D eigenvalue weighted by Crippen LogP contribution is -2.16. The van der Waals surface area contributed by atoms with Crippen LogP contribution < -0.4 is 15.2 Å². The van der Waals surface area contributed by atoms with Crippen LogP contribution >= 0.6 is 0 Å². The normalized spacial score (nSPS) is 10.4. The largest absolute Gasteiger partial charge is 0.493 e. The Balaban J connectivity index is 1.98. The molecule has 0 radical (unpaired) electrons. The van der Waals surface area contributed by atoms with Gasteiger partial charge in [0.05, 0.1) is 14.2 Å². The second-order valence-electron chi connectivity index (χ2n) is 4.82. The molecule has 0 saturated heterocycles. The third-order valence-corrected chi connectivity index (χ3v) is 3.39.